The number of nitrogens with zero attached hydrogens (tertiary/aromatic N) is 3. The summed E-state index contributed by atoms with van der Waals surface area (Å²) in [5.74, 6) is 0.700. The predicted octanol–water partition coefficient (Wildman–Crippen LogP) is 0.425. The Kier molecular flexibility index (Phi) is 7.24. The molecule has 1 rings (SSSR count). The molecule has 0 saturated heterocycles. The van der Waals surface area contributed by atoms with E-state index in [2.05, 4.69) is 14.9 Å². The Balaban J connectivity index is 2.66. The Morgan fingerprint density at radius 1 is 1.22 bits per heavy atom. The highest BCUT2D eigenvalue weighted by molar-refractivity contribution is 5.30. The number of aromatic nitrogens is 2. The van der Waals surface area contributed by atoms with Crippen LogP contribution in [0.25, 0.3) is 0 Å². The standard InChI is InChI=1S/C12H22N4O2/c1-17-8-3-6-16(7-9-18-2)12-14-5-4-11(10-13)15-12/h4-5H,3,6-10,13H2,1-2H3. The first kappa shape index (κ1) is 14.8. The third-order valence-electron chi connectivity index (χ3n) is 2.53. The fourth-order valence-electron chi connectivity index (χ4n) is 1.56. The topological polar surface area (TPSA) is 73.5 Å². The zero-order chi connectivity index (χ0) is 13.2. The highest BCUT2D eigenvalue weighted by Gasteiger charge is 2.09. The average molecular weight is 254 g/mol. The maximum absolute atomic E-state index is 5.59. The molecule has 0 amide bonds. The lowest BCUT2D eigenvalue weighted by Gasteiger charge is -2.22. The number of hydrogen-bond donors (Lipinski definition) is 1. The van der Waals surface area contributed by atoms with Crippen molar-refractivity contribution in [1.82, 2.24) is 9.97 Å². The van der Waals surface area contributed by atoms with Crippen LogP contribution < -0.4 is 10.6 Å². The quantitative estimate of drug-likeness (QED) is 0.644. The van der Waals surface area contributed by atoms with Crippen LogP contribution in [0.4, 0.5) is 5.95 Å². The van der Waals surface area contributed by atoms with Crippen molar-refractivity contribution >= 4 is 5.95 Å². The molecule has 0 spiro atoms. The van der Waals surface area contributed by atoms with Crippen LogP contribution in [0.3, 0.4) is 0 Å². The molecule has 1 aromatic rings. The number of rotatable bonds is 9. The molecule has 18 heavy (non-hydrogen) atoms. The Hall–Kier alpha value is -1.24. The fraction of sp³-hybridized carbons (Fsp3) is 0.667. The molecule has 0 atom stereocenters. The molecule has 0 radical (unpaired) electrons. The van der Waals surface area contributed by atoms with E-state index >= 15 is 0 Å². The van der Waals surface area contributed by atoms with E-state index in [1.165, 1.54) is 0 Å². The highest BCUT2D eigenvalue weighted by Crippen LogP contribution is 2.08. The summed E-state index contributed by atoms with van der Waals surface area (Å²) in [6.07, 6.45) is 2.66. The molecular formula is C12H22N4O2. The van der Waals surface area contributed by atoms with Crippen molar-refractivity contribution in [2.45, 2.75) is 13.0 Å². The Morgan fingerprint density at radius 3 is 2.67 bits per heavy atom. The summed E-state index contributed by atoms with van der Waals surface area (Å²) >= 11 is 0. The Morgan fingerprint density at radius 2 is 2.00 bits per heavy atom. The first-order chi connectivity index (χ1) is 8.81. The summed E-state index contributed by atoms with van der Waals surface area (Å²) < 4.78 is 10.2. The molecule has 0 aliphatic rings. The molecule has 0 bridgehead atoms. The zero-order valence-corrected chi connectivity index (χ0v) is 11.1. The summed E-state index contributed by atoms with van der Waals surface area (Å²) in [6, 6.07) is 1.83. The smallest absolute Gasteiger partial charge is 0.225 e. The van der Waals surface area contributed by atoms with Gasteiger partial charge in [-0.3, -0.25) is 0 Å². The molecule has 6 heteroatoms. The van der Waals surface area contributed by atoms with Gasteiger partial charge in [-0.1, -0.05) is 0 Å². The van der Waals surface area contributed by atoms with Crippen LogP contribution in [0.2, 0.25) is 0 Å². The Labute approximate surface area is 108 Å². The van der Waals surface area contributed by atoms with Gasteiger partial charge >= 0.3 is 0 Å². The molecule has 0 aromatic carbocycles. The second-order valence-electron chi connectivity index (χ2n) is 3.88. The van der Waals surface area contributed by atoms with Crippen molar-refractivity contribution in [3.8, 4) is 0 Å². The number of anilines is 1. The number of nitrogens with two attached hydrogens (primary N) is 1. The zero-order valence-electron chi connectivity index (χ0n) is 11.1. The largest absolute Gasteiger partial charge is 0.385 e. The molecule has 0 aliphatic carbocycles. The van der Waals surface area contributed by atoms with Gasteiger partial charge in [-0.25, -0.2) is 9.97 Å². The van der Waals surface area contributed by atoms with Gasteiger partial charge in [-0.05, 0) is 12.5 Å². The molecule has 0 unspecified atom stereocenters. The van der Waals surface area contributed by atoms with Gasteiger partial charge in [0, 0.05) is 46.7 Å². The van der Waals surface area contributed by atoms with Crippen LogP contribution in [0.1, 0.15) is 12.1 Å². The van der Waals surface area contributed by atoms with Gasteiger partial charge in [0.1, 0.15) is 0 Å². The monoisotopic (exact) mass is 254 g/mol. The third-order valence-corrected chi connectivity index (χ3v) is 2.53. The van der Waals surface area contributed by atoms with Crippen LogP contribution >= 0.6 is 0 Å². The first-order valence-corrected chi connectivity index (χ1v) is 6.06. The van der Waals surface area contributed by atoms with Gasteiger partial charge in [-0.2, -0.15) is 0 Å². The second kappa shape index (κ2) is 8.79. The van der Waals surface area contributed by atoms with Crippen LogP contribution in [0.5, 0.6) is 0 Å². The van der Waals surface area contributed by atoms with E-state index in [0.717, 1.165) is 31.8 Å². The SMILES string of the molecule is COCCCN(CCOC)c1nccc(CN)n1. The molecule has 102 valence electrons. The van der Waals surface area contributed by atoms with Crippen LogP contribution in [-0.4, -0.2) is 50.5 Å². The minimum absolute atomic E-state index is 0.422. The summed E-state index contributed by atoms with van der Waals surface area (Å²) in [6.45, 7) is 3.38. The van der Waals surface area contributed by atoms with E-state index in [1.54, 1.807) is 20.4 Å². The summed E-state index contributed by atoms with van der Waals surface area (Å²) in [4.78, 5) is 10.8. The van der Waals surface area contributed by atoms with Gasteiger partial charge < -0.3 is 20.1 Å². The van der Waals surface area contributed by atoms with E-state index in [1.807, 2.05) is 6.07 Å². The van der Waals surface area contributed by atoms with Crippen molar-refractivity contribution in [2.24, 2.45) is 5.73 Å². The van der Waals surface area contributed by atoms with E-state index in [4.69, 9.17) is 15.2 Å². The molecule has 0 aliphatic heterocycles. The van der Waals surface area contributed by atoms with E-state index in [9.17, 15) is 0 Å². The number of ether oxygens (including phenoxy) is 2. The maximum atomic E-state index is 5.59. The average Bonchev–Trinajstić information content (AvgIpc) is 2.42. The van der Waals surface area contributed by atoms with Crippen molar-refractivity contribution in [2.75, 3.05) is 45.4 Å². The fourth-order valence-corrected chi connectivity index (χ4v) is 1.56. The van der Waals surface area contributed by atoms with Crippen molar-refractivity contribution < 1.29 is 9.47 Å². The molecule has 1 aromatic heterocycles. The van der Waals surface area contributed by atoms with E-state index in [-0.39, 0.29) is 0 Å². The van der Waals surface area contributed by atoms with Crippen LogP contribution in [0.15, 0.2) is 12.3 Å². The Bertz CT molecular complexity index is 336. The highest BCUT2D eigenvalue weighted by atomic mass is 16.5. The lowest BCUT2D eigenvalue weighted by atomic mass is 10.4. The van der Waals surface area contributed by atoms with Crippen LogP contribution in [-0.2, 0) is 16.0 Å². The molecular weight excluding hydrogens is 232 g/mol. The van der Waals surface area contributed by atoms with Crippen molar-refractivity contribution in [3.63, 3.8) is 0 Å². The molecule has 0 fully saturated rings. The van der Waals surface area contributed by atoms with Gasteiger partial charge in [0.25, 0.3) is 0 Å². The molecule has 2 N–H and O–H groups in total. The number of hydrogen-bond acceptors (Lipinski definition) is 6. The van der Waals surface area contributed by atoms with Crippen molar-refractivity contribution in [3.05, 3.63) is 18.0 Å². The lowest BCUT2D eigenvalue weighted by Crippen LogP contribution is -2.31. The number of methoxy groups -OCH3 is 2. The first-order valence-electron chi connectivity index (χ1n) is 6.06. The summed E-state index contributed by atoms with van der Waals surface area (Å²) in [5, 5.41) is 0. The summed E-state index contributed by atoms with van der Waals surface area (Å²) in [5.41, 5.74) is 6.43. The second-order valence-corrected chi connectivity index (χ2v) is 3.88. The van der Waals surface area contributed by atoms with Gasteiger partial charge in [0.05, 0.1) is 12.3 Å². The van der Waals surface area contributed by atoms with Gasteiger partial charge in [0.2, 0.25) is 5.95 Å². The summed E-state index contributed by atoms with van der Waals surface area (Å²) in [7, 11) is 3.38. The van der Waals surface area contributed by atoms with Crippen molar-refractivity contribution in [1.29, 1.82) is 0 Å². The van der Waals surface area contributed by atoms with Crippen LogP contribution in [0, 0.1) is 0 Å². The molecule has 6 nitrogen and oxygen atoms in total. The maximum Gasteiger partial charge on any atom is 0.225 e. The van der Waals surface area contributed by atoms with E-state index in [0.29, 0.717) is 19.1 Å². The third kappa shape index (κ3) is 4.95. The van der Waals surface area contributed by atoms with Gasteiger partial charge in [0.15, 0.2) is 0 Å². The molecule has 1 heterocycles. The van der Waals surface area contributed by atoms with Gasteiger partial charge in [-0.15, -0.1) is 0 Å². The minimum Gasteiger partial charge on any atom is -0.385 e. The minimum atomic E-state index is 0.422. The molecule has 0 saturated carbocycles. The van der Waals surface area contributed by atoms with E-state index < -0.39 is 0 Å². The normalized spacial score (nSPS) is 10.6. The lowest BCUT2D eigenvalue weighted by molar-refractivity contribution is 0.190. The predicted molar refractivity (Wildman–Crippen MR) is 70.5 cm³/mol.